The Morgan fingerprint density at radius 2 is 2.10 bits per heavy atom. The summed E-state index contributed by atoms with van der Waals surface area (Å²) in [5, 5.41) is 13.5. The van der Waals surface area contributed by atoms with Crippen LogP contribution in [0.1, 0.15) is 18.4 Å². The third kappa shape index (κ3) is 3.31. The number of amides is 1. The summed E-state index contributed by atoms with van der Waals surface area (Å²) in [6.07, 6.45) is 0.858. The lowest BCUT2D eigenvalue weighted by Gasteiger charge is -2.32. The van der Waals surface area contributed by atoms with Gasteiger partial charge in [0.25, 0.3) is 5.69 Å². The third-order valence-electron chi connectivity index (χ3n) is 3.58. The van der Waals surface area contributed by atoms with Crippen molar-refractivity contribution in [2.24, 2.45) is 5.73 Å². The summed E-state index contributed by atoms with van der Waals surface area (Å²) in [7, 11) is 0. The molecule has 21 heavy (non-hydrogen) atoms. The molecule has 0 spiro atoms. The summed E-state index contributed by atoms with van der Waals surface area (Å²) >= 11 is 5.86. The van der Waals surface area contributed by atoms with Crippen LogP contribution in [0.25, 0.3) is 0 Å². The van der Waals surface area contributed by atoms with Crippen molar-refractivity contribution in [1.29, 1.82) is 0 Å². The second-order valence-electron chi connectivity index (χ2n) is 5.10. The molecular weight excluding hydrogens is 298 g/mol. The summed E-state index contributed by atoms with van der Waals surface area (Å²) in [5.41, 5.74) is 5.88. The van der Waals surface area contributed by atoms with Crippen molar-refractivity contribution >= 4 is 28.9 Å². The number of nitrogens with zero attached hydrogens (tertiary/aromatic N) is 1. The molecule has 2 rings (SSSR count). The first-order chi connectivity index (χ1) is 9.83. The number of rotatable bonds is 3. The molecule has 0 atom stereocenters. The number of carbonyl (C=O) groups excluding carboxylic acids is 1. The number of anilines is 1. The molecule has 1 aromatic rings. The molecule has 0 aliphatic carbocycles. The van der Waals surface area contributed by atoms with Crippen LogP contribution < -0.4 is 11.1 Å². The number of ether oxygens (including phenoxy) is 1. The lowest BCUT2D eigenvalue weighted by Crippen LogP contribution is -2.54. The van der Waals surface area contributed by atoms with Crippen LogP contribution in [0.2, 0.25) is 5.02 Å². The molecule has 1 aliphatic heterocycles. The molecule has 0 bridgehead atoms. The molecule has 114 valence electrons. The first-order valence-corrected chi connectivity index (χ1v) is 6.84. The Morgan fingerprint density at radius 1 is 1.48 bits per heavy atom. The standard InChI is InChI=1S/C13H16ClN3O4/c1-8-6-11(17(19)20)9(14)7-10(8)16-12(18)13(15)2-4-21-5-3-13/h6-7H,2-5,15H2,1H3,(H,16,18). The molecule has 1 aliphatic rings. The molecule has 0 saturated carbocycles. The minimum Gasteiger partial charge on any atom is -0.381 e. The first kappa shape index (κ1) is 15.7. The van der Waals surface area contributed by atoms with E-state index in [0.717, 1.165) is 0 Å². The van der Waals surface area contributed by atoms with E-state index in [4.69, 9.17) is 22.1 Å². The summed E-state index contributed by atoms with van der Waals surface area (Å²) in [5.74, 6) is -0.334. The molecule has 0 radical (unpaired) electrons. The predicted octanol–water partition coefficient (Wildman–Crippen LogP) is 2.00. The molecule has 1 aromatic carbocycles. The highest BCUT2D eigenvalue weighted by Gasteiger charge is 2.36. The van der Waals surface area contributed by atoms with Crippen LogP contribution in [0.5, 0.6) is 0 Å². The number of benzene rings is 1. The Morgan fingerprint density at radius 3 is 2.67 bits per heavy atom. The maximum Gasteiger partial charge on any atom is 0.288 e. The van der Waals surface area contributed by atoms with Gasteiger partial charge in [0.1, 0.15) is 10.6 Å². The normalized spacial score (nSPS) is 17.3. The van der Waals surface area contributed by atoms with Gasteiger partial charge in [0, 0.05) is 25.0 Å². The van der Waals surface area contributed by atoms with E-state index in [0.29, 0.717) is 37.3 Å². The van der Waals surface area contributed by atoms with Crippen LogP contribution in [0.15, 0.2) is 12.1 Å². The van der Waals surface area contributed by atoms with Gasteiger partial charge >= 0.3 is 0 Å². The molecular formula is C13H16ClN3O4. The molecule has 7 nitrogen and oxygen atoms in total. The second kappa shape index (κ2) is 5.97. The summed E-state index contributed by atoms with van der Waals surface area (Å²) in [4.78, 5) is 22.5. The molecule has 8 heteroatoms. The van der Waals surface area contributed by atoms with Gasteiger partial charge in [-0.15, -0.1) is 0 Å². The number of nitro benzene ring substituents is 1. The Bertz CT molecular complexity index is 585. The van der Waals surface area contributed by atoms with Crippen LogP contribution >= 0.6 is 11.6 Å². The van der Waals surface area contributed by atoms with Crippen LogP contribution in [0.4, 0.5) is 11.4 Å². The molecule has 1 saturated heterocycles. The van der Waals surface area contributed by atoms with E-state index in [1.807, 2.05) is 0 Å². The summed E-state index contributed by atoms with van der Waals surface area (Å²) in [6, 6.07) is 2.70. The van der Waals surface area contributed by atoms with Crippen LogP contribution in [0, 0.1) is 17.0 Å². The van der Waals surface area contributed by atoms with Crippen molar-refractivity contribution in [3.8, 4) is 0 Å². The lowest BCUT2D eigenvalue weighted by atomic mass is 9.90. The number of hydrogen-bond acceptors (Lipinski definition) is 5. The number of aryl methyl sites for hydroxylation is 1. The topological polar surface area (TPSA) is 107 Å². The van der Waals surface area contributed by atoms with E-state index in [9.17, 15) is 14.9 Å². The Labute approximate surface area is 126 Å². The van der Waals surface area contributed by atoms with Gasteiger partial charge in [-0.25, -0.2) is 0 Å². The fourth-order valence-corrected chi connectivity index (χ4v) is 2.38. The SMILES string of the molecule is Cc1cc([N+](=O)[O-])c(Cl)cc1NC(=O)C1(N)CCOCC1. The molecule has 0 unspecified atom stereocenters. The van der Waals surface area contributed by atoms with E-state index in [2.05, 4.69) is 5.32 Å². The summed E-state index contributed by atoms with van der Waals surface area (Å²) in [6.45, 7) is 2.53. The zero-order valence-electron chi connectivity index (χ0n) is 11.5. The monoisotopic (exact) mass is 313 g/mol. The van der Waals surface area contributed by atoms with Crippen molar-refractivity contribution in [3.05, 3.63) is 32.8 Å². The Balaban J connectivity index is 2.21. The van der Waals surface area contributed by atoms with Gasteiger partial charge in [0.05, 0.1) is 4.92 Å². The van der Waals surface area contributed by atoms with Gasteiger partial charge in [-0.05, 0) is 31.4 Å². The van der Waals surface area contributed by atoms with Crippen LogP contribution in [-0.4, -0.2) is 29.6 Å². The summed E-state index contributed by atoms with van der Waals surface area (Å²) < 4.78 is 5.19. The molecule has 1 amide bonds. The Kier molecular flexibility index (Phi) is 4.46. The van der Waals surface area contributed by atoms with Crippen molar-refractivity contribution in [2.45, 2.75) is 25.3 Å². The van der Waals surface area contributed by atoms with E-state index in [1.165, 1.54) is 12.1 Å². The highest BCUT2D eigenvalue weighted by atomic mass is 35.5. The number of nitrogens with two attached hydrogens (primary N) is 1. The minimum absolute atomic E-state index is 0.0288. The number of hydrogen-bond donors (Lipinski definition) is 2. The van der Waals surface area contributed by atoms with E-state index >= 15 is 0 Å². The highest BCUT2D eigenvalue weighted by Crippen LogP contribution is 2.31. The van der Waals surface area contributed by atoms with Gasteiger partial charge in [0.15, 0.2) is 0 Å². The number of nitrogens with one attached hydrogen (secondary N) is 1. The maximum atomic E-state index is 12.3. The third-order valence-corrected chi connectivity index (χ3v) is 3.88. The maximum absolute atomic E-state index is 12.3. The van der Waals surface area contributed by atoms with Gasteiger partial charge in [0.2, 0.25) is 5.91 Å². The van der Waals surface area contributed by atoms with Crippen molar-refractivity contribution in [3.63, 3.8) is 0 Å². The van der Waals surface area contributed by atoms with Crippen LogP contribution in [0.3, 0.4) is 0 Å². The number of halogens is 1. The van der Waals surface area contributed by atoms with Crippen molar-refractivity contribution in [2.75, 3.05) is 18.5 Å². The fourth-order valence-electron chi connectivity index (χ4n) is 2.15. The molecule has 1 heterocycles. The minimum atomic E-state index is -0.987. The van der Waals surface area contributed by atoms with E-state index in [1.54, 1.807) is 6.92 Å². The largest absolute Gasteiger partial charge is 0.381 e. The smallest absolute Gasteiger partial charge is 0.288 e. The average molecular weight is 314 g/mol. The lowest BCUT2D eigenvalue weighted by molar-refractivity contribution is -0.384. The predicted molar refractivity (Wildman–Crippen MR) is 78.4 cm³/mol. The zero-order valence-corrected chi connectivity index (χ0v) is 12.3. The number of carbonyl (C=O) groups is 1. The van der Waals surface area contributed by atoms with E-state index in [-0.39, 0.29) is 16.6 Å². The number of nitro groups is 1. The average Bonchev–Trinajstić information content (AvgIpc) is 2.43. The highest BCUT2D eigenvalue weighted by molar-refractivity contribution is 6.33. The Hall–Kier alpha value is -1.70. The van der Waals surface area contributed by atoms with Gasteiger partial charge in [-0.3, -0.25) is 14.9 Å². The second-order valence-corrected chi connectivity index (χ2v) is 5.51. The van der Waals surface area contributed by atoms with Crippen molar-refractivity contribution < 1.29 is 14.5 Å². The van der Waals surface area contributed by atoms with Gasteiger partial charge in [-0.2, -0.15) is 0 Å². The quantitative estimate of drug-likeness (QED) is 0.655. The first-order valence-electron chi connectivity index (χ1n) is 6.46. The zero-order chi connectivity index (χ0) is 15.6. The van der Waals surface area contributed by atoms with Gasteiger partial charge in [-0.1, -0.05) is 11.6 Å². The van der Waals surface area contributed by atoms with Crippen LogP contribution in [-0.2, 0) is 9.53 Å². The van der Waals surface area contributed by atoms with Gasteiger partial charge < -0.3 is 15.8 Å². The molecule has 1 fully saturated rings. The van der Waals surface area contributed by atoms with E-state index < -0.39 is 10.5 Å². The molecule has 0 aromatic heterocycles. The fraction of sp³-hybridized carbons (Fsp3) is 0.462. The molecule has 3 N–H and O–H groups in total. The van der Waals surface area contributed by atoms with Crippen molar-refractivity contribution in [1.82, 2.24) is 0 Å².